The van der Waals surface area contributed by atoms with Crippen LogP contribution in [0.1, 0.15) is 84.0 Å². The highest BCUT2D eigenvalue weighted by Crippen LogP contribution is 2.41. The molecule has 0 amide bonds. The fourth-order valence-electron chi connectivity index (χ4n) is 4.77. The molecule has 0 radical (unpaired) electrons. The standard InChI is InChI=1S/C25H38O5/c1-2-3-6-11-19(26)15-16-21-20-12-7-4-5-8-13-24(27)29-22(20)18-23(21)30-25-14-9-10-17-28-25/h4,7,15-16,20-23,25H,2-3,5-6,8-14,17-18H2,1H3/b7-4-,16-15+/t20-,21-,22+,23-,25?/m1/s1. The molecule has 5 atom stereocenters. The number of fused-ring (bicyclic) bond motifs is 1. The molecule has 5 heteroatoms. The molecule has 30 heavy (non-hydrogen) atoms. The minimum atomic E-state index is -0.193. The zero-order valence-electron chi connectivity index (χ0n) is 18.4. The van der Waals surface area contributed by atoms with E-state index in [-0.39, 0.29) is 42.1 Å². The van der Waals surface area contributed by atoms with Crippen LogP contribution in [0, 0.1) is 11.8 Å². The lowest BCUT2D eigenvalue weighted by molar-refractivity contribution is -0.193. The van der Waals surface area contributed by atoms with Gasteiger partial charge in [0.25, 0.3) is 0 Å². The van der Waals surface area contributed by atoms with E-state index in [4.69, 9.17) is 14.2 Å². The summed E-state index contributed by atoms with van der Waals surface area (Å²) >= 11 is 0. The molecule has 2 heterocycles. The highest BCUT2D eigenvalue weighted by Gasteiger charge is 2.45. The maximum atomic E-state index is 12.4. The van der Waals surface area contributed by atoms with Crippen molar-refractivity contribution in [2.24, 2.45) is 11.8 Å². The smallest absolute Gasteiger partial charge is 0.306 e. The van der Waals surface area contributed by atoms with Crippen LogP contribution >= 0.6 is 0 Å². The number of rotatable bonds is 8. The molecule has 168 valence electrons. The van der Waals surface area contributed by atoms with Crippen LogP contribution in [0.2, 0.25) is 0 Å². The first-order valence-corrected chi connectivity index (χ1v) is 12.0. The van der Waals surface area contributed by atoms with Crippen molar-refractivity contribution in [2.75, 3.05) is 6.61 Å². The van der Waals surface area contributed by atoms with Crippen LogP contribution in [-0.4, -0.2) is 36.9 Å². The van der Waals surface area contributed by atoms with Gasteiger partial charge in [0.05, 0.1) is 6.10 Å². The third-order valence-corrected chi connectivity index (χ3v) is 6.47. The van der Waals surface area contributed by atoms with Crippen LogP contribution in [0.25, 0.3) is 0 Å². The number of carbonyl (C=O) groups excluding carboxylic acids is 2. The van der Waals surface area contributed by atoms with Gasteiger partial charge >= 0.3 is 5.97 Å². The normalized spacial score (nSPS) is 33.8. The number of hydrogen-bond donors (Lipinski definition) is 0. The Balaban J connectivity index is 1.73. The van der Waals surface area contributed by atoms with E-state index >= 15 is 0 Å². The number of ether oxygens (including phenoxy) is 3. The molecule has 0 N–H and O–H groups in total. The number of ketones is 1. The van der Waals surface area contributed by atoms with Crippen LogP contribution in [0.3, 0.4) is 0 Å². The van der Waals surface area contributed by atoms with Gasteiger partial charge in [0.2, 0.25) is 0 Å². The number of carbonyl (C=O) groups is 2. The van der Waals surface area contributed by atoms with Crippen molar-refractivity contribution in [3.8, 4) is 0 Å². The van der Waals surface area contributed by atoms with Gasteiger partial charge in [0, 0.05) is 37.7 Å². The van der Waals surface area contributed by atoms with E-state index in [0.29, 0.717) is 19.3 Å². The predicted octanol–water partition coefficient (Wildman–Crippen LogP) is 5.28. The number of hydrogen-bond acceptors (Lipinski definition) is 5. The second-order valence-corrected chi connectivity index (χ2v) is 8.86. The van der Waals surface area contributed by atoms with Gasteiger partial charge in [-0.2, -0.15) is 0 Å². The molecule has 1 saturated heterocycles. The molecule has 0 aromatic rings. The molecule has 3 rings (SSSR count). The van der Waals surface area contributed by atoms with Gasteiger partial charge in [0.1, 0.15) is 6.10 Å². The monoisotopic (exact) mass is 418 g/mol. The van der Waals surface area contributed by atoms with Gasteiger partial charge in [-0.3, -0.25) is 9.59 Å². The molecule has 0 bridgehead atoms. The number of esters is 1. The Morgan fingerprint density at radius 1 is 1.23 bits per heavy atom. The molecule has 1 saturated carbocycles. The van der Waals surface area contributed by atoms with Gasteiger partial charge in [-0.15, -0.1) is 0 Å². The van der Waals surface area contributed by atoms with Gasteiger partial charge in [0.15, 0.2) is 12.1 Å². The zero-order valence-corrected chi connectivity index (χ0v) is 18.4. The van der Waals surface area contributed by atoms with Gasteiger partial charge in [-0.1, -0.05) is 38.0 Å². The average molecular weight is 419 g/mol. The van der Waals surface area contributed by atoms with E-state index in [9.17, 15) is 9.59 Å². The van der Waals surface area contributed by atoms with Crippen molar-refractivity contribution in [3.05, 3.63) is 24.3 Å². The van der Waals surface area contributed by atoms with Gasteiger partial charge < -0.3 is 14.2 Å². The van der Waals surface area contributed by atoms with E-state index in [1.807, 2.05) is 6.08 Å². The molecule has 3 aliphatic rings. The maximum Gasteiger partial charge on any atom is 0.306 e. The minimum Gasteiger partial charge on any atom is -0.462 e. The summed E-state index contributed by atoms with van der Waals surface area (Å²) in [4.78, 5) is 24.6. The van der Waals surface area contributed by atoms with Crippen molar-refractivity contribution in [1.82, 2.24) is 0 Å². The highest BCUT2D eigenvalue weighted by atomic mass is 16.7. The van der Waals surface area contributed by atoms with E-state index in [1.54, 1.807) is 6.08 Å². The zero-order chi connectivity index (χ0) is 21.2. The van der Waals surface area contributed by atoms with Crippen molar-refractivity contribution in [2.45, 2.75) is 102 Å². The topological polar surface area (TPSA) is 61.8 Å². The second kappa shape index (κ2) is 12.4. The summed E-state index contributed by atoms with van der Waals surface area (Å²) in [5.41, 5.74) is 0. The summed E-state index contributed by atoms with van der Waals surface area (Å²) in [6.45, 7) is 2.88. The largest absolute Gasteiger partial charge is 0.462 e. The second-order valence-electron chi connectivity index (χ2n) is 8.86. The Hall–Kier alpha value is -1.46. The maximum absolute atomic E-state index is 12.4. The van der Waals surface area contributed by atoms with E-state index in [1.165, 1.54) is 0 Å². The molecule has 0 spiro atoms. The van der Waals surface area contributed by atoms with E-state index in [0.717, 1.165) is 64.4 Å². The first-order valence-electron chi connectivity index (χ1n) is 12.0. The predicted molar refractivity (Wildman–Crippen MR) is 116 cm³/mol. The minimum absolute atomic E-state index is 0.0486. The third-order valence-electron chi connectivity index (χ3n) is 6.47. The molecule has 0 aromatic heterocycles. The molecule has 5 nitrogen and oxygen atoms in total. The highest BCUT2D eigenvalue weighted by molar-refractivity contribution is 5.89. The number of allylic oxidation sites excluding steroid dienone is 3. The first-order chi connectivity index (χ1) is 14.7. The first kappa shape index (κ1) is 23.2. The lowest BCUT2D eigenvalue weighted by Crippen LogP contribution is -2.30. The van der Waals surface area contributed by atoms with Crippen LogP contribution in [0.15, 0.2) is 24.3 Å². The van der Waals surface area contributed by atoms with Crippen molar-refractivity contribution in [1.29, 1.82) is 0 Å². The van der Waals surface area contributed by atoms with Crippen LogP contribution in [0.5, 0.6) is 0 Å². The summed E-state index contributed by atoms with van der Waals surface area (Å²) in [6, 6.07) is 0. The lowest BCUT2D eigenvalue weighted by atomic mass is 9.89. The summed E-state index contributed by atoms with van der Waals surface area (Å²) in [5.74, 6) is 0.240. The summed E-state index contributed by atoms with van der Waals surface area (Å²) in [6.07, 6.45) is 18.2. The fraction of sp³-hybridized carbons (Fsp3) is 0.760. The molecule has 2 fully saturated rings. The third kappa shape index (κ3) is 7.05. The quantitative estimate of drug-likeness (QED) is 0.232. The molecule has 1 aliphatic carbocycles. The fourth-order valence-corrected chi connectivity index (χ4v) is 4.77. The number of unbranched alkanes of at least 4 members (excludes halogenated alkanes) is 2. The molecular formula is C25H38O5. The van der Waals surface area contributed by atoms with Crippen molar-refractivity contribution >= 4 is 11.8 Å². The Kier molecular flexibility index (Phi) is 9.60. The Morgan fingerprint density at radius 3 is 2.93 bits per heavy atom. The molecule has 0 aromatic carbocycles. The summed E-state index contributed by atoms with van der Waals surface area (Å²) in [7, 11) is 0. The molecular weight excluding hydrogens is 380 g/mol. The lowest BCUT2D eigenvalue weighted by Gasteiger charge is -2.29. The Labute approximate surface area is 181 Å². The van der Waals surface area contributed by atoms with Crippen molar-refractivity contribution in [3.63, 3.8) is 0 Å². The van der Waals surface area contributed by atoms with Crippen LogP contribution in [0.4, 0.5) is 0 Å². The summed E-state index contributed by atoms with van der Waals surface area (Å²) in [5, 5.41) is 0. The summed E-state index contributed by atoms with van der Waals surface area (Å²) < 4.78 is 18.0. The van der Waals surface area contributed by atoms with E-state index < -0.39 is 0 Å². The van der Waals surface area contributed by atoms with Crippen molar-refractivity contribution < 1.29 is 23.8 Å². The Bertz CT molecular complexity index is 605. The van der Waals surface area contributed by atoms with E-state index in [2.05, 4.69) is 19.1 Å². The van der Waals surface area contributed by atoms with Gasteiger partial charge in [-0.25, -0.2) is 0 Å². The molecule has 1 unspecified atom stereocenters. The van der Waals surface area contributed by atoms with Gasteiger partial charge in [-0.05, 0) is 51.0 Å². The molecule has 2 aliphatic heterocycles. The van der Waals surface area contributed by atoms with Crippen LogP contribution in [-0.2, 0) is 23.8 Å². The SMILES string of the molecule is CCCCCC(=O)/C=C/[C@@H]1[C@H]2C/C=C\CCCC(=O)O[C@H]2C[C@H]1OC1CCCCO1. The Morgan fingerprint density at radius 2 is 2.13 bits per heavy atom. The average Bonchev–Trinajstić information content (AvgIpc) is 3.05. The van der Waals surface area contributed by atoms with Crippen LogP contribution < -0.4 is 0 Å².